The monoisotopic (exact) mass is 254 g/mol. The Morgan fingerprint density at radius 1 is 0.923 bits per heavy atom. The van der Waals surface area contributed by atoms with E-state index in [0.29, 0.717) is 0 Å². The van der Waals surface area contributed by atoms with E-state index in [1.165, 1.54) is 25.7 Å². The summed E-state index contributed by atoms with van der Waals surface area (Å²) in [7, 11) is 0.140. The van der Waals surface area contributed by atoms with Crippen molar-refractivity contribution in [3.05, 3.63) is 0 Å². The molecule has 0 rings (SSSR count). The first kappa shape index (κ1) is 13.7. The van der Waals surface area contributed by atoms with Gasteiger partial charge in [-0.25, -0.2) is 0 Å². The second kappa shape index (κ2) is 8.09. The molecule has 0 saturated carbocycles. The first-order valence-corrected chi connectivity index (χ1v) is 9.28. The van der Waals surface area contributed by atoms with Gasteiger partial charge in [0.25, 0.3) is 0 Å². The number of hydrogen-bond donors (Lipinski definition) is 0. The summed E-state index contributed by atoms with van der Waals surface area (Å²) in [6.45, 7) is 2.22. The Morgan fingerprint density at radius 2 is 1.46 bits per heavy atom. The van der Waals surface area contributed by atoms with E-state index in [-0.39, 0.29) is 0 Å². The van der Waals surface area contributed by atoms with Crippen molar-refractivity contribution in [2.24, 2.45) is 0 Å². The van der Waals surface area contributed by atoms with Crippen molar-refractivity contribution in [1.29, 1.82) is 0 Å². The predicted octanol–water partition coefficient (Wildman–Crippen LogP) is -1.60. The number of rotatable bonds is 8. The molecule has 3 nitrogen and oxygen atoms in total. The Labute approximate surface area is 91.5 Å². The average molecular weight is 255 g/mol. The van der Waals surface area contributed by atoms with E-state index in [9.17, 15) is 0 Å². The van der Waals surface area contributed by atoms with E-state index in [0.717, 1.165) is 37.5 Å². The van der Waals surface area contributed by atoms with Gasteiger partial charge in [0.05, 0.1) is 0 Å². The lowest BCUT2D eigenvalue weighted by atomic mass is 10.2. The minimum absolute atomic E-state index is 0.741. The van der Waals surface area contributed by atoms with E-state index in [1.807, 2.05) is 0 Å². The van der Waals surface area contributed by atoms with E-state index in [2.05, 4.69) is 6.92 Å². The van der Waals surface area contributed by atoms with Crippen molar-refractivity contribution in [2.75, 3.05) is 0 Å². The SMILES string of the molecule is CCCCCC[Si](O[SiH3])(O[SiH3])O[SiH3]. The lowest BCUT2D eigenvalue weighted by Crippen LogP contribution is -2.43. The smallest absolute Gasteiger partial charge is 0.425 e. The normalized spacial score (nSPS) is 16.4. The molecule has 80 valence electrons. The summed E-state index contributed by atoms with van der Waals surface area (Å²) < 4.78 is 16.6. The van der Waals surface area contributed by atoms with Gasteiger partial charge in [-0.15, -0.1) is 0 Å². The van der Waals surface area contributed by atoms with Crippen LogP contribution in [0.3, 0.4) is 0 Å². The first-order valence-electron chi connectivity index (χ1n) is 4.90. The van der Waals surface area contributed by atoms with E-state index in [4.69, 9.17) is 12.3 Å². The minimum atomic E-state index is -2.08. The van der Waals surface area contributed by atoms with E-state index in [1.54, 1.807) is 0 Å². The summed E-state index contributed by atoms with van der Waals surface area (Å²) in [6, 6.07) is 1.03. The van der Waals surface area contributed by atoms with Gasteiger partial charge < -0.3 is 12.3 Å². The molecule has 0 aromatic carbocycles. The molecule has 7 heteroatoms. The lowest BCUT2D eigenvalue weighted by Gasteiger charge is -2.26. The summed E-state index contributed by atoms with van der Waals surface area (Å²) in [6.07, 6.45) is 5.08. The lowest BCUT2D eigenvalue weighted by molar-refractivity contribution is 0.291. The fourth-order valence-electron chi connectivity index (χ4n) is 1.32. The average Bonchev–Trinajstić information content (AvgIpc) is 2.20. The second-order valence-electron chi connectivity index (χ2n) is 3.11. The molecule has 0 bridgehead atoms. The predicted molar refractivity (Wildman–Crippen MR) is 67.8 cm³/mol. The van der Waals surface area contributed by atoms with Crippen LogP contribution in [0.4, 0.5) is 0 Å². The van der Waals surface area contributed by atoms with Crippen LogP contribution in [-0.2, 0) is 12.3 Å². The van der Waals surface area contributed by atoms with Gasteiger partial charge in [0.2, 0.25) is 0 Å². The fraction of sp³-hybridized carbons (Fsp3) is 1.00. The molecule has 0 aliphatic rings. The van der Waals surface area contributed by atoms with Crippen LogP contribution in [0, 0.1) is 0 Å². The zero-order chi connectivity index (χ0) is 10.2. The molecule has 0 heterocycles. The Morgan fingerprint density at radius 3 is 1.85 bits per heavy atom. The highest BCUT2D eigenvalue weighted by Gasteiger charge is 2.34. The van der Waals surface area contributed by atoms with Gasteiger partial charge in [0.15, 0.2) is 0 Å². The van der Waals surface area contributed by atoms with Crippen LogP contribution in [0.5, 0.6) is 0 Å². The summed E-state index contributed by atoms with van der Waals surface area (Å²) >= 11 is 0. The van der Waals surface area contributed by atoms with Crippen LogP contribution < -0.4 is 0 Å². The fourth-order valence-corrected chi connectivity index (χ4v) is 11.0. The highest BCUT2D eigenvalue weighted by Crippen LogP contribution is 2.16. The number of hydrogen-bond acceptors (Lipinski definition) is 3. The Balaban J connectivity index is 3.68. The van der Waals surface area contributed by atoms with Gasteiger partial charge in [0.1, 0.15) is 31.5 Å². The van der Waals surface area contributed by atoms with Crippen molar-refractivity contribution in [1.82, 2.24) is 0 Å². The van der Waals surface area contributed by atoms with Crippen LogP contribution >= 0.6 is 0 Å². The summed E-state index contributed by atoms with van der Waals surface area (Å²) in [5.41, 5.74) is 0. The van der Waals surface area contributed by atoms with Gasteiger partial charge in [-0.05, 0) is 6.42 Å². The van der Waals surface area contributed by atoms with E-state index >= 15 is 0 Å². The highest BCUT2D eigenvalue weighted by atomic mass is 28.5. The third-order valence-electron chi connectivity index (χ3n) is 2.27. The van der Waals surface area contributed by atoms with Crippen LogP contribution in [0.25, 0.3) is 0 Å². The molecule has 0 unspecified atom stereocenters. The van der Waals surface area contributed by atoms with Crippen LogP contribution in [0.2, 0.25) is 6.04 Å². The van der Waals surface area contributed by atoms with Crippen molar-refractivity contribution < 1.29 is 12.3 Å². The maximum absolute atomic E-state index is 5.52. The largest absolute Gasteiger partial charge is 0.467 e. The summed E-state index contributed by atoms with van der Waals surface area (Å²) in [5, 5.41) is 0. The van der Waals surface area contributed by atoms with Crippen molar-refractivity contribution >= 4 is 40.3 Å². The zero-order valence-electron chi connectivity index (χ0n) is 9.26. The molecular formula is C6H22O3Si4. The Kier molecular flexibility index (Phi) is 8.55. The van der Waals surface area contributed by atoms with Gasteiger partial charge >= 0.3 is 8.80 Å². The minimum Gasteiger partial charge on any atom is -0.425 e. The van der Waals surface area contributed by atoms with Crippen molar-refractivity contribution in [3.8, 4) is 0 Å². The maximum Gasteiger partial charge on any atom is 0.467 e. The molecule has 0 spiro atoms. The Bertz CT molecular complexity index is 112. The molecule has 0 aliphatic carbocycles. The third kappa shape index (κ3) is 5.25. The maximum atomic E-state index is 5.52. The molecule has 0 fully saturated rings. The summed E-state index contributed by atoms with van der Waals surface area (Å²) in [4.78, 5) is 0. The Hall–Kier alpha value is 0.748. The molecule has 0 amide bonds. The van der Waals surface area contributed by atoms with Gasteiger partial charge in [-0.3, -0.25) is 0 Å². The van der Waals surface area contributed by atoms with Gasteiger partial charge in [-0.2, -0.15) is 0 Å². The van der Waals surface area contributed by atoms with Crippen LogP contribution in [-0.4, -0.2) is 40.3 Å². The van der Waals surface area contributed by atoms with Crippen molar-refractivity contribution in [3.63, 3.8) is 0 Å². The first-order chi connectivity index (χ1) is 6.24. The van der Waals surface area contributed by atoms with Crippen LogP contribution in [0.15, 0.2) is 0 Å². The molecule has 0 saturated heterocycles. The van der Waals surface area contributed by atoms with Crippen molar-refractivity contribution in [2.45, 2.75) is 38.7 Å². The highest BCUT2D eigenvalue weighted by molar-refractivity contribution is 6.69. The molecule has 0 N–H and O–H groups in total. The molecule has 0 radical (unpaired) electrons. The molecule has 0 aliphatic heterocycles. The third-order valence-corrected chi connectivity index (χ3v) is 10.7. The molecule has 0 atom stereocenters. The molecule has 0 aromatic heterocycles. The topological polar surface area (TPSA) is 27.7 Å². The standard InChI is InChI=1S/C6H22O3Si4/c1-2-3-4-5-6-13(7-10,8-11)9-12/h2-6H2,1,10-12H3. The van der Waals surface area contributed by atoms with Crippen LogP contribution in [0.1, 0.15) is 32.6 Å². The second-order valence-corrected chi connectivity index (χ2v) is 9.87. The van der Waals surface area contributed by atoms with Gasteiger partial charge in [0, 0.05) is 6.04 Å². The number of unbranched alkanes of at least 4 members (excludes halogenated alkanes) is 3. The summed E-state index contributed by atoms with van der Waals surface area (Å²) in [5.74, 6) is 0. The molecule has 0 aromatic rings. The van der Waals surface area contributed by atoms with E-state index < -0.39 is 8.80 Å². The van der Waals surface area contributed by atoms with Gasteiger partial charge in [-0.1, -0.05) is 26.2 Å². The molecular weight excluding hydrogens is 232 g/mol. The zero-order valence-corrected chi connectivity index (χ0v) is 16.3. The molecule has 13 heavy (non-hydrogen) atoms. The quantitative estimate of drug-likeness (QED) is 0.386.